The van der Waals surface area contributed by atoms with E-state index in [1.807, 2.05) is 30.3 Å². The Kier molecular flexibility index (Phi) is 4.09. The van der Waals surface area contributed by atoms with Crippen LogP contribution in [0.15, 0.2) is 47.0 Å². The average molecular weight is 339 g/mol. The summed E-state index contributed by atoms with van der Waals surface area (Å²) < 4.78 is 24.0. The molecule has 1 aromatic heterocycles. The van der Waals surface area contributed by atoms with Crippen LogP contribution in [0, 0.1) is 5.82 Å². The quantitative estimate of drug-likeness (QED) is 0.723. The average Bonchev–Trinajstić information content (AvgIpc) is 3.10. The third-order valence-electron chi connectivity index (χ3n) is 4.40. The van der Waals surface area contributed by atoms with Gasteiger partial charge in [0, 0.05) is 17.8 Å². The van der Waals surface area contributed by atoms with Gasteiger partial charge in [0.25, 0.3) is 0 Å². The van der Waals surface area contributed by atoms with Crippen LogP contribution in [0.1, 0.15) is 17.9 Å². The SMILES string of the molecule is COc1ccc(-c2noc(CN3CCCc4cc(F)ccc43)n2)cc1. The Bertz CT molecular complexity index is 877. The Morgan fingerprint density at radius 1 is 1.20 bits per heavy atom. The highest BCUT2D eigenvalue weighted by Gasteiger charge is 2.20. The van der Waals surface area contributed by atoms with Crippen molar-refractivity contribution in [2.75, 3.05) is 18.6 Å². The molecule has 6 heteroatoms. The van der Waals surface area contributed by atoms with Crippen molar-refractivity contribution in [2.24, 2.45) is 0 Å². The number of rotatable bonds is 4. The fourth-order valence-corrected chi connectivity index (χ4v) is 3.15. The monoisotopic (exact) mass is 339 g/mol. The number of aryl methyl sites for hydroxylation is 1. The molecule has 0 unspecified atom stereocenters. The Balaban J connectivity index is 1.54. The Morgan fingerprint density at radius 3 is 2.84 bits per heavy atom. The van der Waals surface area contributed by atoms with E-state index in [1.54, 1.807) is 13.2 Å². The summed E-state index contributed by atoms with van der Waals surface area (Å²) in [7, 11) is 1.63. The van der Waals surface area contributed by atoms with Gasteiger partial charge in [-0.1, -0.05) is 5.16 Å². The second-order valence-corrected chi connectivity index (χ2v) is 6.04. The normalized spacial score (nSPS) is 13.6. The van der Waals surface area contributed by atoms with E-state index < -0.39 is 0 Å². The first-order valence-corrected chi connectivity index (χ1v) is 8.23. The Labute approximate surface area is 145 Å². The van der Waals surface area contributed by atoms with Crippen LogP contribution in [0.4, 0.5) is 10.1 Å². The molecule has 0 N–H and O–H groups in total. The van der Waals surface area contributed by atoms with Gasteiger partial charge in [0.05, 0.1) is 13.7 Å². The predicted octanol–water partition coefficient (Wildman–Crippen LogP) is 3.84. The number of nitrogens with zero attached hydrogens (tertiary/aromatic N) is 3. The van der Waals surface area contributed by atoms with Gasteiger partial charge in [0.1, 0.15) is 11.6 Å². The van der Waals surface area contributed by atoms with E-state index in [0.717, 1.165) is 42.0 Å². The number of ether oxygens (including phenoxy) is 1. The van der Waals surface area contributed by atoms with Crippen molar-refractivity contribution in [3.63, 3.8) is 0 Å². The van der Waals surface area contributed by atoms with Crippen molar-refractivity contribution in [2.45, 2.75) is 19.4 Å². The second-order valence-electron chi connectivity index (χ2n) is 6.04. The third-order valence-corrected chi connectivity index (χ3v) is 4.40. The minimum atomic E-state index is -0.194. The molecule has 4 rings (SSSR count). The molecule has 25 heavy (non-hydrogen) atoms. The van der Waals surface area contributed by atoms with Crippen LogP contribution in [0.3, 0.4) is 0 Å². The largest absolute Gasteiger partial charge is 0.497 e. The first-order chi connectivity index (χ1) is 12.2. The molecule has 0 saturated carbocycles. The highest BCUT2D eigenvalue weighted by atomic mass is 19.1. The van der Waals surface area contributed by atoms with E-state index in [1.165, 1.54) is 6.07 Å². The number of hydrogen-bond donors (Lipinski definition) is 0. The number of hydrogen-bond acceptors (Lipinski definition) is 5. The highest BCUT2D eigenvalue weighted by molar-refractivity contribution is 5.57. The molecule has 0 bridgehead atoms. The van der Waals surface area contributed by atoms with Crippen molar-refractivity contribution >= 4 is 5.69 Å². The summed E-state index contributed by atoms with van der Waals surface area (Å²) in [5.74, 6) is 1.68. The van der Waals surface area contributed by atoms with Crippen LogP contribution in [0.25, 0.3) is 11.4 Å². The number of benzene rings is 2. The van der Waals surface area contributed by atoms with Crippen LogP contribution < -0.4 is 9.64 Å². The topological polar surface area (TPSA) is 51.4 Å². The third kappa shape index (κ3) is 3.20. The number of aromatic nitrogens is 2. The van der Waals surface area contributed by atoms with Gasteiger partial charge in [-0.2, -0.15) is 4.98 Å². The molecule has 0 saturated heterocycles. The minimum absolute atomic E-state index is 0.194. The smallest absolute Gasteiger partial charge is 0.246 e. The van der Waals surface area contributed by atoms with Gasteiger partial charge in [-0.25, -0.2) is 4.39 Å². The number of methoxy groups -OCH3 is 1. The van der Waals surface area contributed by atoms with Gasteiger partial charge in [-0.15, -0.1) is 0 Å². The minimum Gasteiger partial charge on any atom is -0.497 e. The van der Waals surface area contributed by atoms with E-state index in [2.05, 4.69) is 15.0 Å². The summed E-state index contributed by atoms with van der Waals surface area (Å²) in [5, 5.41) is 4.06. The summed E-state index contributed by atoms with van der Waals surface area (Å²) in [4.78, 5) is 6.64. The van der Waals surface area contributed by atoms with E-state index in [4.69, 9.17) is 9.26 Å². The number of anilines is 1. The molecule has 0 fully saturated rings. The lowest BCUT2D eigenvalue weighted by atomic mass is 10.0. The Morgan fingerprint density at radius 2 is 2.04 bits per heavy atom. The molecule has 0 atom stereocenters. The summed E-state index contributed by atoms with van der Waals surface area (Å²) in [6, 6.07) is 12.4. The zero-order valence-corrected chi connectivity index (χ0v) is 13.9. The maximum atomic E-state index is 13.4. The predicted molar refractivity (Wildman–Crippen MR) is 92.1 cm³/mol. The molecular weight excluding hydrogens is 321 g/mol. The molecule has 2 aromatic carbocycles. The molecule has 2 heterocycles. The van der Waals surface area contributed by atoms with Gasteiger partial charge in [0.2, 0.25) is 11.7 Å². The van der Waals surface area contributed by atoms with Gasteiger partial charge < -0.3 is 14.2 Å². The molecule has 3 aromatic rings. The zero-order valence-electron chi connectivity index (χ0n) is 13.9. The highest BCUT2D eigenvalue weighted by Crippen LogP contribution is 2.29. The summed E-state index contributed by atoms with van der Waals surface area (Å²) in [6.07, 6.45) is 1.88. The van der Waals surface area contributed by atoms with Crippen molar-refractivity contribution in [1.29, 1.82) is 0 Å². The van der Waals surface area contributed by atoms with Crippen LogP contribution in [0.5, 0.6) is 5.75 Å². The van der Waals surface area contributed by atoms with Crippen LogP contribution in [-0.2, 0) is 13.0 Å². The van der Waals surface area contributed by atoms with E-state index in [9.17, 15) is 4.39 Å². The molecule has 0 spiro atoms. The molecule has 0 radical (unpaired) electrons. The molecule has 1 aliphatic rings. The molecule has 0 aliphatic carbocycles. The van der Waals surface area contributed by atoms with Gasteiger partial charge >= 0.3 is 0 Å². The number of halogens is 1. The lowest BCUT2D eigenvalue weighted by Gasteiger charge is -2.30. The van der Waals surface area contributed by atoms with E-state index >= 15 is 0 Å². The molecule has 0 amide bonds. The van der Waals surface area contributed by atoms with Crippen molar-refractivity contribution in [1.82, 2.24) is 10.1 Å². The lowest BCUT2D eigenvalue weighted by molar-refractivity contribution is 0.375. The molecule has 1 aliphatic heterocycles. The van der Waals surface area contributed by atoms with Gasteiger partial charge in [-0.3, -0.25) is 0 Å². The summed E-state index contributed by atoms with van der Waals surface area (Å²) in [5.41, 5.74) is 2.94. The number of fused-ring (bicyclic) bond motifs is 1. The van der Waals surface area contributed by atoms with Crippen LogP contribution in [-0.4, -0.2) is 23.8 Å². The van der Waals surface area contributed by atoms with Crippen molar-refractivity contribution in [3.05, 3.63) is 59.7 Å². The lowest BCUT2D eigenvalue weighted by Crippen LogP contribution is -2.29. The summed E-state index contributed by atoms with van der Waals surface area (Å²) in [6.45, 7) is 1.40. The van der Waals surface area contributed by atoms with Crippen LogP contribution >= 0.6 is 0 Å². The van der Waals surface area contributed by atoms with Crippen molar-refractivity contribution < 1.29 is 13.7 Å². The maximum absolute atomic E-state index is 13.4. The molecule has 128 valence electrons. The fourth-order valence-electron chi connectivity index (χ4n) is 3.15. The fraction of sp³-hybridized carbons (Fsp3) is 0.263. The van der Waals surface area contributed by atoms with Crippen molar-refractivity contribution in [3.8, 4) is 17.1 Å². The Hall–Kier alpha value is -2.89. The van der Waals surface area contributed by atoms with E-state index in [0.29, 0.717) is 18.3 Å². The van der Waals surface area contributed by atoms with Gasteiger partial charge in [-0.05, 0) is 60.9 Å². The summed E-state index contributed by atoms with van der Waals surface area (Å²) >= 11 is 0. The van der Waals surface area contributed by atoms with E-state index in [-0.39, 0.29) is 5.82 Å². The standard InChI is InChI=1S/C19H18FN3O2/c1-24-16-7-4-13(5-8-16)19-21-18(25-22-19)12-23-10-2-3-14-11-15(20)6-9-17(14)23/h4-9,11H,2-3,10,12H2,1H3. The first-order valence-electron chi connectivity index (χ1n) is 8.23. The van der Waals surface area contributed by atoms with Gasteiger partial charge in [0.15, 0.2) is 0 Å². The first kappa shape index (κ1) is 15.6. The molecule has 5 nitrogen and oxygen atoms in total. The molecular formula is C19H18FN3O2. The second kappa shape index (κ2) is 6.55. The zero-order chi connectivity index (χ0) is 17.2. The van der Waals surface area contributed by atoms with Crippen LogP contribution in [0.2, 0.25) is 0 Å². The maximum Gasteiger partial charge on any atom is 0.246 e.